The number of amides is 7. The van der Waals surface area contributed by atoms with E-state index >= 15 is 0 Å². The number of likely N-dealkylation sites (tertiary alicyclic amines) is 2. The molecule has 3 heterocycles. The molecule has 16 heteroatoms. The van der Waals surface area contributed by atoms with E-state index in [1.54, 1.807) is 58.3 Å². The van der Waals surface area contributed by atoms with Crippen molar-refractivity contribution in [3.8, 4) is 0 Å². The number of benzene rings is 2. The smallest absolute Gasteiger partial charge is 0.407 e. The number of carbonyl (C=O) groups is 7. The van der Waals surface area contributed by atoms with Gasteiger partial charge in [-0.1, -0.05) is 24.3 Å². The Kier molecular flexibility index (Phi) is 12.4. The molecule has 2 saturated heterocycles. The van der Waals surface area contributed by atoms with Crippen LogP contribution in [-0.2, 0) is 40.1 Å². The number of ether oxygens (including phenoxy) is 2. The van der Waals surface area contributed by atoms with Crippen molar-refractivity contribution in [1.82, 2.24) is 20.4 Å². The second-order valence-electron chi connectivity index (χ2n) is 12.4. The SMILES string of the molecule is COC(=O)CCCNC(=O)OCc1cccc(NC(=O)NC2C(=O)N(CC(=O)N3CCCC3)c3ccccc3N(CC(=O)N3CCCC3)C2=O)c1. The number of anilines is 3. The van der Waals surface area contributed by atoms with Gasteiger partial charge in [-0.2, -0.15) is 0 Å². The summed E-state index contributed by atoms with van der Waals surface area (Å²) in [5, 5.41) is 7.64. The molecule has 0 saturated carbocycles. The van der Waals surface area contributed by atoms with Crippen molar-refractivity contribution in [1.29, 1.82) is 0 Å². The molecule has 51 heavy (non-hydrogen) atoms. The summed E-state index contributed by atoms with van der Waals surface area (Å²) >= 11 is 0. The summed E-state index contributed by atoms with van der Waals surface area (Å²) in [7, 11) is 1.29. The van der Waals surface area contributed by atoms with Crippen LogP contribution in [0.4, 0.5) is 26.7 Å². The van der Waals surface area contributed by atoms with Crippen LogP contribution in [0.25, 0.3) is 0 Å². The predicted octanol–water partition coefficient (Wildman–Crippen LogP) is 1.98. The lowest BCUT2D eigenvalue weighted by Crippen LogP contribution is -2.58. The van der Waals surface area contributed by atoms with Crippen LogP contribution in [0.2, 0.25) is 0 Å². The van der Waals surface area contributed by atoms with Gasteiger partial charge in [-0.05, 0) is 61.9 Å². The van der Waals surface area contributed by atoms with Crippen molar-refractivity contribution in [3.63, 3.8) is 0 Å². The van der Waals surface area contributed by atoms with E-state index < -0.39 is 30.0 Å². The molecule has 0 unspecified atom stereocenters. The predicted molar refractivity (Wildman–Crippen MR) is 185 cm³/mol. The van der Waals surface area contributed by atoms with E-state index in [9.17, 15) is 33.6 Å². The first-order chi connectivity index (χ1) is 24.6. The zero-order valence-electron chi connectivity index (χ0n) is 28.6. The molecule has 16 nitrogen and oxygen atoms in total. The molecule has 3 aliphatic rings. The summed E-state index contributed by atoms with van der Waals surface area (Å²) in [6.07, 6.45) is 3.25. The second kappa shape index (κ2) is 17.3. The van der Waals surface area contributed by atoms with Crippen molar-refractivity contribution in [2.24, 2.45) is 0 Å². The number of alkyl carbamates (subject to hydrolysis) is 1. The van der Waals surface area contributed by atoms with E-state index in [1.807, 2.05) is 0 Å². The molecule has 0 atom stereocenters. The topological polar surface area (TPSA) is 187 Å². The number of fused-ring (bicyclic) bond motifs is 1. The molecule has 7 amide bonds. The Labute approximate surface area is 295 Å². The number of esters is 1. The Balaban J connectivity index is 1.30. The molecule has 2 fully saturated rings. The minimum Gasteiger partial charge on any atom is -0.469 e. The maximum Gasteiger partial charge on any atom is 0.407 e. The van der Waals surface area contributed by atoms with E-state index in [4.69, 9.17) is 4.74 Å². The lowest BCUT2D eigenvalue weighted by molar-refractivity contribution is -0.140. The van der Waals surface area contributed by atoms with E-state index in [0.717, 1.165) is 25.7 Å². The Bertz CT molecular complexity index is 1570. The van der Waals surface area contributed by atoms with E-state index in [1.165, 1.54) is 16.9 Å². The minimum atomic E-state index is -1.76. The molecule has 0 bridgehead atoms. The van der Waals surface area contributed by atoms with Crippen molar-refractivity contribution >= 4 is 58.8 Å². The summed E-state index contributed by atoms with van der Waals surface area (Å²) in [6.45, 7) is 1.64. The van der Waals surface area contributed by atoms with Crippen molar-refractivity contribution in [2.45, 2.75) is 51.2 Å². The van der Waals surface area contributed by atoms with Crippen LogP contribution >= 0.6 is 0 Å². The maximum absolute atomic E-state index is 14.2. The van der Waals surface area contributed by atoms with Crippen LogP contribution in [0, 0.1) is 0 Å². The van der Waals surface area contributed by atoms with Crippen LogP contribution in [-0.4, -0.2) is 110 Å². The summed E-state index contributed by atoms with van der Waals surface area (Å²) in [6, 6.07) is 10.4. The Hall–Kier alpha value is -5.67. The highest BCUT2D eigenvalue weighted by atomic mass is 16.5. The van der Waals surface area contributed by atoms with Gasteiger partial charge in [-0.15, -0.1) is 0 Å². The number of nitrogens with one attached hydrogen (secondary N) is 3. The molecule has 2 aromatic rings. The Morgan fingerprint density at radius 2 is 1.35 bits per heavy atom. The van der Waals surface area contributed by atoms with Gasteiger partial charge in [0.15, 0.2) is 6.04 Å². The fourth-order valence-electron chi connectivity index (χ4n) is 6.19. The zero-order valence-corrected chi connectivity index (χ0v) is 28.6. The number of hydrogen-bond acceptors (Lipinski definition) is 9. The van der Waals surface area contributed by atoms with Crippen LogP contribution in [0.5, 0.6) is 0 Å². The van der Waals surface area contributed by atoms with Gasteiger partial charge in [0.2, 0.25) is 11.8 Å². The summed E-state index contributed by atoms with van der Waals surface area (Å²) < 4.78 is 9.78. The first-order valence-electron chi connectivity index (χ1n) is 17.1. The number of carbonyl (C=O) groups excluding carboxylic acids is 7. The number of rotatable bonds is 12. The van der Waals surface area contributed by atoms with Crippen LogP contribution in [0.1, 0.15) is 44.1 Å². The third kappa shape index (κ3) is 9.52. The average molecular weight is 706 g/mol. The van der Waals surface area contributed by atoms with E-state index in [2.05, 4.69) is 20.7 Å². The largest absolute Gasteiger partial charge is 0.469 e. The standard InChI is InChI=1S/C35H43N7O9/c1-50-30(45)14-9-15-36-35(49)51-23-24-10-8-11-25(20-24)37-34(48)38-31-32(46)41(21-28(43)39-16-4-5-17-39)26-12-2-3-13-27(26)42(33(31)47)22-29(44)40-18-6-7-19-40/h2-3,8,10-13,20,31H,4-7,9,14-19,21-23H2,1H3,(H,36,49)(H2,37,38,48). The molecular formula is C35H43N7O9. The quantitative estimate of drug-likeness (QED) is 0.169. The zero-order chi connectivity index (χ0) is 36.3. The third-order valence-electron chi connectivity index (χ3n) is 8.88. The molecule has 0 aliphatic carbocycles. The first kappa shape index (κ1) is 36.6. The monoisotopic (exact) mass is 705 g/mol. The molecule has 2 aromatic carbocycles. The molecule has 272 valence electrons. The fraction of sp³-hybridized carbons (Fsp3) is 0.457. The molecule has 3 aliphatic heterocycles. The normalized spacial score (nSPS) is 16.0. The molecule has 0 radical (unpaired) electrons. The van der Waals surface area contributed by atoms with Crippen molar-refractivity contribution in [2.75, 3.05) is 68.0 Å². The van der Waals surface area contributed by atoms with Crippen molar-refractivity contribution < 1.29 is 43.0 Å². The Morgan fingerprint density at radius 1 is 0.784 bits per heavy atom. The second-order valence-corrected chi connectivity index (χ2v) is 12.4. The van der Waals surface area contributed by atoms with Gasteiger partial charge in [0.25, 0.3) is 11.8 Å². The van der Waals surface area contributed by atoms with Crippen molar-refractivity contribution in [3.05, 3.63) is 54.1 Å². The molecule has 0 spiro atoms. The highest BCUT2D eigenvalue weighted by Crippen LogP contribution is 2.34. The number of urea groups is 1. The summed E-state index contributed by atoms with van der Waals surface area (Å²) in [4.78, 5) is 97.4. The van der Waals surface area contributed by atoms with Gasteiger partial charge in [0.05, 0.1) is 18.5 Å². The van der Waals surface area contributed by atoms with E-state index in [0.29, 0.717) is 38.2 Å². The maximum atomic E-state index is 14.2. The first-order valence-corrected chi connectivity index (χ1v) is 17.1. The summed E-state index contributed by atoms with van der Waals surface area (Å²) in [5.41, 5.74) is 1.38. The Morgan fingerprint density at radius 3 is 1.90 bits per heavy atom. The van der Waals surface area contributed by atoms with E-state index in [-0.39, 0.29) is 67.5 Å². The van der Waals surface area contributed by atoms with Gasteiger partial charge >= 0.3 is 18.1 Å². The molecular weight excluding hydrogens is 662 g/mol. The number of methoxy groups -OCH3 is 1. The third-order valence-corrected chi connectivity index (χ3v) is 8.88. The molecule has 0 aromatic heterocycles. The average Bonchev–Trinajstić information content (AvgIpc) is 3.87. The molecule has 5 rings (SSSR count). The van der Waals surface area contributed by atoms with Gasteiger partial charge in [0.1, 0.15) is 19.7 Å². The fourth-order valence-corrected chi connectivity index (χ4v) is 6.19. The number of para-hydroxylation sites is 2. The van der Waals surface area contributed by atoms with Gasteiger partial charge in [-0.3, -0.25) is 33.8 Å². The van der Waals surface area contributed by atoms with Crippen LogP contribution in [0.15, 0.2) is 48.5 Å². The van der Waals surface area contributed by atoms with Gasteiger partial charge in [-0.25, -0.2) is 9.59 Å². The number of hydrogen-bond donors (Lipinski definition) is 3. The van der Waals surface area contributed by atoms with Gasteiger partial charge < -0.3 is 35.2 Å². The highest BCUT2D eigenvalue weighted by Gasteiger charge is 2.43. The highest BCUT2D eigenvalue weighted by molar-refractivity contribution is 6.23. The lowest BCUT2D eigenvalue weighted by atomic mass is 10.2. The summed E-state index contributed by atoms with van der Waals surface area (Å²) in [5.74, 6) is -2.59. The van der Waals surface area contributed by atoms with Crippen LogP contribution < -0.4 is 25.8 Å². The van der Waals surface area contributed by atoms with Gasteiger partial charge in [0, 0.05) is 44.8 Å². The minimum absolute atomic E-state index is 0.127. The molecule has 3 N–H and O–H groups in total. The number of nitrogens with zero attached hydrogens (tertiary/aromatic N) is 4. The lowest BCUT2D eigenvalue weighted by Gasteiger charge is -2.27. The van der Waals surface area contributed by atoms with Crippen LogP contribution in [0.3, 0.4) is 0 Å².